The van der Waals surface area contributed by atoms with Gasteiger partial charge in [-0.25, -0.2) is 0 Å². The van der Waals surface area contributed by atoms with Crippen molar-refractivity contribution in [2.75, 3.05) is 0 Å². The molecule has 0 aliphatic rings. The third kappa shape index (κ3) is 2.97. The number of fused-ring (bicyclic) bond motifs is 3. The highest BCUT2D eigenvalue weighted by molar-refractivity contribution is 6.29. The lowest BCUT2D eigenvalue weighted by Gasteiger charge is -2.22. The average molecular weight is 508 g/mol. The lowest BCUT2D eigenvalue weighted by atomic mass is 9.83. The second-order valence-corrected chi connectivity index (χ2v) is 8.97. The van der Waals surface area contributed by atoms with E-state index in [4.69, 9.17) is 0 Å². The number of rotatable bonds is 2. The molecule has 0 saturated heterocycles. The molecule has 0 aromatic heterocycles. The van der Waals surface area contributed by atoms with Crippen LogP contribution in [0.3, 0.4) is 0 Å². The number of benzene rings is 6. The Hall–Kier alpha value is -5.50. The van der Waals surface area contributed by atoms with Crippen molar-refractivity contribution in [1.82, 2.24) is 0 Å². The van der Waals surface area contributed by atoms with Gasteiger partial charge in [-0.05, 0) is 28.0 Å². The van der Waals surface area contributed by atoms with E-state index in [9.17, 15) is 40.9 Å². The van der Waals surface area contributed by atoms with Crippen molar-refractivity contribution in [2.24, 2.45) is 0 Å². The van der Waals surface area contributed by atoms with Crippen molar-refractivity contribution < 1.29 is 40.9 Å². The summed E-state index contributed by atoms with van der Waals surface area (Å²) in [6, 6.07) is 20.9. The van der Waals surface area contributed by atoms with E-state index in [1.807, 2.05) is 24.3 Å². The minimum Gasteiger partial charge on any atom is -0.504 e. The molecule has 8 N–H and O–H groups in total. The zero-order valence-corrected chi connectivity index (χ0v) is 19.5. The van der Waals surface area contributed by atoms with Gasteiger partial charge in [0.1, 0.15) is 0 Å². The van der Waals surface area contributed by atoms with E-state index in [-0.39, 0.29) is 32.7 Å². The number of hydrogen-bond acceptors (Lipinski definition) is 8. The van der Waals surface area contributed by atoms with Crippen molar-refractivity contribution in [3.8, 4) is 68.2 Å². The van der Waals surface area contributed by atoms with Gasteiger partial charge < -0.3 is 40.9 Å². The second kappa shape index (κ2) is 8.01. The SMILES string of the molecule is Oc1c(O)c(O)c2c(-c3ccc4ccccc4c3)c3c(O)c(O)c(O)c(O)c3c(-c3ccccc3)c2c1O. The van der Waals surface area contributed by atoms with Crippen LogP contribution in [0.1, 0.15) is 0 Å². The molecule has 0 radical (unpaired) electrons. The van der Waals surface area contributed by atoms with Crippen molar-refractivity contribution >= 4 is 32.3 Å². The van der Waals surface area contributed by atoms with Crippen LogP contribution in [-0.2, 0) is 0 Å². The fraction of sp³-hybridized carbons (Fsp3) is 0. The molecule has 0 fully saturated rings. The molecule has 0 aliphatic carbocycles. The standard InChI is InChI=1S/C30H20O8/c31-23-19-17(14-7-2-1-3-8-14)20-22(26(34)30(38)28(36)24(20)32)18(21(19)25(33)29(37)27(23)35)16-11-10-13-6-4-5-9-15(13)12-16/h1-12,31-38H. The number of aromatic hydroxyl groups is 8. The Morgan fingerprint density at radius 1 is 0.316 bits per heavy atom. The van der Waals surface area contributed by atoms with Crippen molar-refractivity contribution in [3.05, 3.63) is 72.8 Å². The normalized spacial score (nSPS) is 11.5. The molecule has 38 heavy (non-hydrogen) atoms. The molecule has 0 heterocycles. The Kier molecular flexibility index (Phi) is 4.83. The topological polar surface area (TPSA) is 162 Å². The molecule has 0 unspecified atom stereocenters. The molecule has 0 amide bonds. The molecular formula is C30H20O8. The molecule has 0 spiro atoms. The van der Waals surface area contributed by atoms with Crippen molar-refractivity contribution in [2.45, 2.75) is 0 Å². The van der Waals surface area contributed by atoms with E-state index in [1.54, 1.807) is 48.5 Å². The van der Waals surface area contributed by atoms with Gasteiger partial charge in [-0.3, -0.25) is 0 Å². The summed E-state index contributed by atoms with van der Waals surface area (Å²) in [6.45, 7) is 0. The zero-order valence-electron chi connectivity index (χ0n) is 19.5. The maximum atomic E-state index is 11.2. The first-order valence-electron chi connectivity index (χ1n) is 11.5. The number of hydrogen-bond donors (Lipinski definition) is 8. The average Bonchev–Trinajstić information content (AvgIpc) is 2.95. The van der Waals surface area contributed by atoms with Gasteiger partial charge in [-0.2, -0.15) is 0 Å². The van der Waals surface area contributed by atoms with Gasteiger partial charge in [0.15, 0.2) is 23.0 Å². The Morgan fingerprint density at radius 2 is 0.711 bits per heavy atom. The van der Waals surface area contributed by atoms with Crippen LogP contribution in [0.2, 0.25) is 0 Å². The molecule has 8 heteroatoms. The van der Waals surface area contributed by atoms with Crippen LogP contribution in [0, 0.1) is 0 Å². The Bertz CT molecular complexity index is 1860. The van der Waals surface area contributed by atoms with Gasteiger partial charge in [0.2, 0.25) is 23.0 Å². The molecule has 6 aromatic carbocycles. The minimum absolute atomic E-state index is 0.0198. The number of phenols is 8. The lowest BCUT2D eigenvalue weighted by Crippen LogP contribution is -1.94. The van der Waals surface area contributed by atoms with Gasteiger partial charge in [-0.15, -0.1) is 0 Å². The molecule has 8 nitrogen and oxygen atoms in total. The maximum Gasteiger partial charge on any atom is 0.204 e. The van der Waals surface area contributed by atoms with Crippen LogP contribution in [0.15, 0.2) is 72.8 Å². The van der Waals surface area contributed by atoms with Crippen LogP contribution < -0.4 is 0 Å². The molecule has 188 valence electrons. The Labute approximate surface area is 214 Å². The first-order chi connectivity index (χ1) is 18.2. The summed E-state index contributed by atoms with van der Waals surface area (Å²) in [5, 5.41) is 87.6. The monoisotopic (exact) mass is 508 g/mol. The van der Waals surface area contributed by atoms with E-state index in [2.05, 4.69) is 0 Å². The first kappa shape index (κ1) is 22.9. The van der Waals surface area contributed by atoms with Gasteiger partial charge in [0.25, 0.3) is 0 Å². The van der Waals surface area contributed by atoms with Crippen LogP contribution in [0.4, 0.5) is 0 Å². The highest BCUT2D eigenvalue weighted by Gasteiger charge is 2.32. The summed E-state index contributed by atoms with van der Waals surface area (Å²) >= 11 is 0. The Morgan fingerprint density at radius 3 is 1.18 bits per heavy atom. The molecule has 0 atom stereocenters. The second-order valence-electron chi connectivity index (χ2n) is 8.97. The fourth-order valence-corrected chi connectivity index (χ4v) is 5.15. The third-order valence-electron chi connectivity index (χ3n) is 6.89. The fourth-order valence-electron chi connectivity index (χ4n) is 5.15. The number of phenolic OH excluding ortho intramolecular Hbond substituents is 8. The molecule has 0 bridgehead atoms. The molecule has 6 aromatic rings. The summed E-state index contributed by atoms with van der Waals surface area (Å²) in [5.41, 5.74) is 0.781. The largest absolute Gasteiger partial charge is 0.504 e. The van der Waals surface area contributed by atoms with Gasteiger partial charge in [0, 0.05) is 32.7 Å². The molecule has 0 saturated carbocycles. The highest BCUT2D eigenvalue weighted by Crippen LogP contribution is 2.61. The lowest BCUT2D eigenvalue weighted by molar-refractivity contribution is 0.350. The maximum absolute atomic E-state index is 11.2. The van der Waals surface area contributed by atoms with Crippen molar-refractivity contribution in [3.63, 3.8) is 0 Å². The van der Waals surface area contributed by atoms with Gasteiger partial charge in [0.05, 0.1) is 0 Å². The minimum atomic E-state index is -0.998. The van der Waals surface area contributed by atoms with Crippen molar-refractivity contribution in [1.29, 1.82) is 0 Å². The van der Waals surface area contributed by atoms with E-state index >= 15 is 0 Å². The smallest absolute Gasteiger partial charge is 0.204 e. The highest BCUT2D eigenvalue weighted by atomic mass is 16.4. The molecule has 0 aliphatic heterocycles. The van der Waals surface area contributed by atoms with Crippen LogP contribution in [0.25, 0.3) is 54.6 Å². The summed E-state index contributed by atoms with van der Waals surface area (Å²) in [7, 11) is 0. The summed E-state index contributed by atoms with van der Waals surface area (Å²) in [4.78, 5) is 0. The zero-order chi connectivity index (χ0) is 26.9. The summed E-state index contributed by atoms with van der Waals surface area (Å²) < 4.78 is 0. The predicted molar refractivity (Wildman–Crippen MR) is 143 cm³/mol. The molecule has 6 rings (SSSR count). The third-order valence-corrected chi connectivity index (χ3v) is 6.89. The van der Waals surface area contributed by atoms with Crippen LogP contribution >= 0.6 is 0 Å². The van der Waals surface area contributed by atoms with Gasteiger partial charge >= 0.3 is 0 Å². The van der Waals surface area contributed by atoms with E-state index in [1.165, 1.54) is 0 Å². The van der Waals surface area contributed by atoms with Crippen LogP contribution in [0.5, 0.6) is 46.0 Å². The van der Waals surface area contributed by atoms with E-state index in [0.717, 1.165) is 10.8 Å². The van der Waals surface area contributed by atoms with E-state index < -0.39 is 46.0 Å². The van der Waals surface area contributed by atoms with E-state index in [0.29, 0.717) is 11.1 Å². The van der Waals surface area contributed by atoms with Crippen LogP contribution in [-0.4, -0.2) is 40.9 Å². The summed E-state index contributed by atoms with van der Waals surface area (Å²) in [6.07, 6.45) is 0. The quantitative estimate of drug-likeness (QED) is 0.0787. The Balaban J connectivity index is 2.00. The molecular weight excluding hydrogens is 488 g/mol. The van der Waals surface area contributed by atoms with Gasteiger partial charge in [-0.1, -0.05) is 66.7 Å². The predicted octanol–water partition coefficient (Wildman–Crippen LogP) is 6.13. The summed E-state index contributed by atoms with van der Waals surface area (Å²) in [5.74, 6) is -7.20. The first-order valence-corrected chi connectivity index (χ1v) is 11.5.